The van der Waals surface area contributed by atoms with Crippen LogP contribution >= 0.6 is 0 Å². The molecule has 0 saturated heterocycles. The number of hydrogen-bond acceptors (Lipinski definition) is 4. The summed E-state index contributed by atoms with van der Waals surface area (Å²) in [5.74, 6) is 0.678. The number of benzene rings is 1. The summed E-state index contributed by atoms with van der Waals surface area (Å²) < 4.78 is 15.8. The van der Waals surface area contributed by atoms with Gasteiger partial charge in [0.2, 0.25) is 0 Å². The Bertz CT molecular complexity index is 399. The Labute approximate surface area is 108 Å². The molecule has 0 aliphatic carbocycles. The minimum Gasteiger partial charge on any atom is -0.492 e. The molecule has 0 fully saturated rings. The zero-order valence-electron chi connectivity index (χ0n) is 10.9. The Hall–Kier alpha value is -1.57. The average Bonchev–Trinajstić information content (AvgIpc) is 2.39. The summed E-state index contributed by atoms with van der Waals surface area (Å²) in [6.45, 7) is 4.33. The summed E-state index contributed by atoms with van der Waals surface area (Å²) in [7, 11) is 1.65. The Kier molecular flexibility index (Phi) is 6.85. The first-order valence-corrected chi connectivity index (χ1v) is 5.98. The molecule has 0 N–H and O–H groups in total. The first-order chi connectivity index (χ1) is 8.79. The van der Waals surface area contributed by atoms with Gasteiger partial charge in [-0.2, -0.15) is 5.26 Å². The molecule has 18 heavy (non-hydrogen) atoms. The predicted molar refractivity (Wildman–Crippen MR) is 68.7 cm³/mol. The fourth-order valence-electron chi connectivity index (χ4n) is 1.51. The fraction of sp³-hybridized carbons (Fsp3) is 0.500. The zero-order valence-corrected chi connectivity index (χ0v) is 10.9. The van der Waals surface area contributed by atoms with Gasteiger partial charge in [-0.05, 0) is 18.6 Å². The molecule has 0 radical (unpaired) electrons. The van der Waals surface area contributed by atoms with E-state index in [2.05, 4.69) is 6.07 Å². The van der Waals surface area contributed by atoms with Gasteiger partial charge < -0.3 is 14.2 Å². The average molecular weight is 249 g/mol. The van der Waals surface area contributed by atoms with Crippen LogP contribution < -0.4 is 4.74 Å². The number of rotatable bonds is 8. The molecule has 0 aromatic heterocycles. The van der Waals surface area contributed by atoms with Crippen molar-refractivity contribution in [2.24, 2.45) is 0 Å². The molecule has 4 heteroatoms. The highest BCUT2D eigenvalue weighted by Crippen LogP contribution is 2.22. The highest BCUT2D eigenvalue weighted by Gasteiger charge is 2.05. The third kappa shape index (κ3) is 4.74. The van der Waals surface area contributed by atoms with E-state index >= 15 is 0 Å². The van der Waals surface area contributed by atoms with Gasteiger partial charge in [0.15, 0.2) is 0 Å². The van der Waals surface area contributed by atoms with Crippen LogP contribution in [0, 0.1) is 18.3 Å². The van der Waals surface area contributed by atoms with E-state index < -0.39 is 0 Å². The summed E-state index contributed by atoms with van der Waals surface area (Å²) in [6.07, 6.45) is 0.795. The van der Waals surface area contributed by atoms with E-state index in [0.717, 1.165) is 12.0 Å². The summed E-state index contributed by atoms with van der Waals surface area (Å²) in [4.78, 5) is 0. The summed E-state index contributed by atoms with van der Waals surface area (Å²) in [6, 6.07) is 7.69. The molecule has 98 valence electrons. The van der Waals surface area contributed by atoms with Gasteiger partial charge in [-0.3, -0.25) is 0 Å². The lowest BCUT2D eigenvalue weighted by atomic mass is 10.1. The highest BCUT2D eigenvalue weighted by molar-refractivity contribution is 5.47. The van der Waals surface area contributed by atoms with Crippen molar-refractivity contribution in [1.82, 2.24) is 0 Å². The third-order valence-electron chi connectivity index (χ3n) is 2.44. The van der Waals surface area contributed by atoms with Crippen LogP contribution in [-0.4, -0.2) is 33.5 Å². The van der Waals surface area contributed by atoms with Gasteiger partial charge >= 0.3 is 0 Å². The van der Waals surface area contributed by atoms with Crippen LogP contribution in [0.25, 0.3) is 0 Å². The molecule has 0 atom stereocenters. The van der Waals surface area contributed by atoms with E-state index in [-0.39, 0.29) is 0 Å². The van der Waals surface area contributed by atoms with Gasteiger partial charge in [-0.25, -0.2) is 0 Å². The van der Waals surface area contributed by atoms with E-state index in [4.69, 9.17) is 19.5 Å². The highest BCUT2D eigenvalue weighted by atomic mass is 16.5. The lowest BCUT2D eigenvalue weighted by Gasteiger charge is -2.10. The van der Waals surface area contributed by atoms with Crippen molar-refractivity contribution in [2.75, 3.05) is 33.5 Å². The largest absolute Gasteiger partial charge is 0.492 e. The Morgan fingerprint density at radius 3 is 2.72 bits per heavy atom. The molecule has 0 amide bonds. The zero-order chi connectivity index (χ0) is 13.2. The van der Waals surface area contributed by atoms with Crippen LogP contribution in [0.15, 0.2) is 18.2 Å². The molecule has 1 aromatic rings. The molecule has 0 heterocycles. The SMILES string of the molecule is COCCOCCCOc1c(C)cccc1C#N. The van der Waals surface area contributed by atoms with Crippen LogP contribution in [0.1, 0.15) is 17.5 Å². The van der Waals surface area contributed by atoms with E-state index in [0.29, 0.717) is 37.7 Å². The number of nitriles is 1. The standard InChI is InChI=1S/C14H19NO3/c1-12-5-3-6-13(11-15)14(12)18-8-4-7-17-10-9-16-2/h3,5-6H,4,7-10H2,1-2H3. The van der Waals surface area contributed by atoms with Crippen molar-refractivity contribution in [1.29, 1.82) is 5.26 Å². The number of methoxy groups -OCH3 is 1. The Morgan fingerprint density at radius 2 is 2.00 bits per heavy atom. The first kappa shape index (κ1) is 14.5. The second-order valence-electron chi connectivity index (χ2n) is 3.87. The quantitative estimate of drug-likeness (QED) is 0.663. The lowest BCUT2D eigenvalue weighted by Crippen LogP contribution is -2.07. The number of para-hydroxylation sites is 1. The number of nitrogens with zero attached hydrogens (tertiary/aromatic N) is 1. The second kappa shape index (κ2) is 8.51. The number of hydrogen-bond donors (Lipinski definition) is 0. The van der Waals surface area contributed by atoms with Gasteiger partial charge in [-0.1, -0.05) is 12.1 Å². The van der Waals surface area contributed by atoms with Gasteiger partial charge in [0.1, 0.15) is 11.8 Å². The van der Waals surface area contributed by atoms with Gasteiger partial charge in [0, 0.05) is 20.1 Å². The minimum atomic E-state index is 0.548. The molecule has 0 spiro atoms. The predicted octanol–water partition coefficient (Wildman–Crippen LogP) is 2.30. The number of ether oxygens (including phenoxy) is 3. The van der Waals surface area contributed by atoms with Crippen molar-refractivity contribution in [2.45, 2.75) is 13.3 Å². The van der Waals surface area contributed by atoms with Crippen molar-refractivity contribution >= 4 is 0 Å². The summed E-state index contributed by atoms with van der Waals surface area (Å²) in [5.41, 5.74) is 1.56. The van der Waals surface area contributed by atoms with Crippen molar-refractivity contribution in [3.8, 4) is 11.8 Å². The van der Waals surface area contributed by atoms with Crippen LogP contribution in [0.3, 0.4) is 0 Å². The molecule has 0 aliphatic heterocycles. The van der Waals surface area contributed by atoms with Gasteiger partial charge in [0.25, 0.3) is 0 Å². The van der Waals surface area contributed by atoms with Crippen molar-refractivity contribution in [3.05, 3.63) is 29.3 Å². The molecule has 1 rings (SSSR count). The molecule has 0 aliphatic rings. The van der Waals surface area contributed by atoms with Crippen molar-refractivity contribution in [3.63, 3.8) is 0 Å². The lowest BCUT2D eigenvalue weighted by molar-refractivity contribution is 0.0644. The molecule has 4 nitrogen and oxygen atoms in total. The monoisotopic (exact) mass is 249 g/mol. The van der Waals surface area contributed by atoms with Gasteiger partial charge in [-0.15, -0.1) is 0 Å². The van der Waals surface area contributed by atoms with Crippen LogP contribution in [-0.2, 0) is 9.47 Å². The van der Waals surface area contributed by atoms with E-state index in [9.17, 15) is 0 Å². The Balaban J connectivity index is 2.29. The third-order valence-corrected chi connectivity index (χ3v) is 2.44. The molecule has 0 bridgehead atoms. The second-order valence-corrected chi connectivity index (χ2v) is 3.87. The molecule has 1 aromatic carbocycles. The summed E-state index contributed by atoms with van der Waals surface area (Å²) in [5, 5.41) is 8.97. The van der Waals surface area contributed by atoms with Crippen LogP contribution in [0.4, 0.5) is 0 Å². The molecule has 0 unspecified atom stereocenters. The van der Waals surface area contributed by atoms with Crippen LogP contribution in [0.5, 0.6) is 5.75 Å². The maximum atomic E-state index is 8.97. The maximum absolute atomic E-state index is 8.97. The molecular weight excluding hydrogens is 230 g/mol. The molecular formula is C14H19NO3. The van der Waals surface area contributed by atoms with Crippen molar-refractivity contribution < 1.29 is 14.2 Å². The fourth-order valence-corrected chi connectivity index (χ4v) is 1.51. The van der Waals surface area contributed by atoms with Gasteiger partial charge in [0.05, 0.1) is 25.4 Å². The number of aryl methyl sites for hydroxylation is 1. The maximum Gasteiger partial charge on any atom is 0.139 e. The first-order valence-electron chi connectivity index (χ1n) is 5.98. The smallest absolute Gasteiger partial charge is 0.139 e. The topological polar surface area (TPSA) is 51.5 Å². The Morgan fingerprint density at radius 1 is 1.17 bits per heavy atom. The van der Waals surface area contributed by atoms with Crippen LogP contribution in [0.2, 0.25) is 0 Å². The molecule has 0 saturated carbocycles. The minimum absolute atomic E-state index is 0.548. The summed E-state index contributed by atoms with van der Waals surface area (Å²) >= 11 is 0. The van der Waals surface area contributed by atoms with E-state index in [1.165, 1.54) is 0 Å². The normalized spacial score (nSPS) is 10.1. The van der Waals surface area contributed by atoms with E-state index in [1.807, 2.05) is 19.1 Å². The van der Waals surface area contributed by atoms with E-state index in [1.54, 1.807) is 13.2 Å².